The lowest BCUT2D eigenvalue weighted by Gasteiger charge is -2.08. The lowest BCUT2D eigenvalue weighted by atomic mass is 10.5. The van der Waals surface area contributed by atoms with Crippen molar-refractivity contribution in [3.8, 4) is 0 Å². The second kappa shape index (κ2) is 10.2. The Bertz CT molecular complexity index is 1240. The first-order valence-electron chi connectivity index (χ1n) is 9.75. The molecule has 176 valence electrons. The lowest BCUT2D eigenvalue weighted by Crippen LogP contribution is -2.14. The third-order valence-electron chi connectivity index (χ3n) is 4.36. The van der Waals surface area contributed by atoms with Crippen LogP contribution in [0.15, 0.2) is 22.2 Å². The van der Waals surface area contributed by atoms with Crippen LogP contribution in [0.3, 0.4) is 0 Å². The van der Waals surface area contributed by atoms with Crippen LogP contribution in [0.1, 0.15) is 0 Å². The fraction of sp³-hybridized carbons (Fsp3) is 0.412. The van der Waals surface area contributed by atoms with Crippen molar-refractivity contribution in [3.05, 3.63) is 33.4 Å². The summed E-state index contributed by atoms with van der Waals surface area (Å²) in [6.07, 6.45) is 2.90. The van der Waals surface area contributed by atoms with Crippen LogP contribution in [0.5, 0.6) is 0 Å². The molecular weight excluding hydrogens is 440 g/mol. The summed E-state index contributed by atoms with van der Waals surface area (Å²) in [5.41, 5.74) is 11.3. The molecule has 0 spiro atoms. The molecule has 0 unspecified atom stereocenters. The van der Waals surface area contributed by atoms with Crippen molar-refractivity contribution in [2.24, 2.45) is 0 Å². The van der Waals surface area contributed by atoms with E-state index in [1.165, 1.54) is 12.7 Å². The molecule has 0 saturated heterocycles. The smallest absolute Gasteiger partial charge is 0.280 e. The lowest BCUT2D eigenvalue weighted by molar-refractivity contribution is -0.0888. The Morgan fingerprint density at radius 3 is 1.61 bits per heavy atom. The number of nitrogens with one attached hydrogen (secondary N) is 2. The van der Waals surface area contributed by atoms with E-state index in [4.69, 9.17) is 30.4 Å². The first kappa shape index (κ1) is 22.3. The van der Waals surface area contributed by atoms with Gasteiger partial charge >= 0.3 is 0 Å². The van der Waals surface area contributed by atoms with Crippen molar-refractivity contribution < 1.29 is 18.9 Å². The second-order valence-corrected chi connectivity index (χ2v) is 6.68. The van der Waals surface area contributed by atoms with Crippen LogP contribution >= 0.6 is 0 Å². The molecule has 0 fully saturated rings. The predicted molar refractivity (Wildman–Crippen MR) is 114 cm³/mol. The number of nitrogens with two attached hydrogens (primary N) is 2. The summed E-state index contributed by atoms with van der Waals surface area (Å²) in [6.45, 7) is 1.52. The van der Waals surface area contributed by atoms with E-state index in [0.717, 1.165) is 0 Å². The van der Waals surface area contributed by atoms with Gasteiger partial charge in [-0.2, -0.15) is 9.97 Å². The van der Waals surface area contributed by atoms with Gasteiger partial charge in [0.05, 0.1) is 39.1 Å². The Hall–Kier alpha value is -3.86. The Morgan fingerprint density at radius 2 is 1.15 bits per heavy atom. The molecule has 16 nitrogen and oxygen atoms in total. The van der Waals surface area contributed by atoms with Gasteiger partial charge in [-0.15, -0.1) is 0 Å². The number of fused-ring (bicyclic) bond motifs is 2. The van der Waals surface area contributed by atoms with Crippen LogP contribution in [0.25, 0.3) is 22.3 Å². The van der Waals surface area contributed by atoms with Gasteiger partial charge in [-0.3, -0.25) is 28.7 Å². The van der Waals surface area contributed by atoms with Crippen molar-refractivity contribution in [2.75, 3.05) is 44.7 Å². The summed E-state index contributed by atoms with van der Waals surface area (Å²) in [5.74, 6) is 0.0161. The number of hydrogen-bond acceptors (Lipinski definition) is 12. The summed E-state index contributed by atoms with van der Waals surface area (Å²) < 4.78 is 24.7. The average Bonchev–Trinajstić information content (AvgIpc) is 3.36. The normalized spacial score (nSPS) is 11.6. The molecule has 0 amide bonds. The van der Waals surface area contributed by atoms with Crippen molar-refractivity contribution in [1.29, 1.82) is 0 Å². The molecule has 0 bridgehead atoms. The highest BCUT2D eigenvalue weighted by Crippen LogP contribution is 2.07. The van der Waals surface area contributed by atoms with Gasteiger partial charge in [-0.25, -0.2) is 9.97 Å². The highest BCUT2D eigenvalue weighted by Gasteiger charge is 2.10. The standard InChI is InChI=1S/C17H22N10O6/c18-16-22-12-10(14(28)24-16)20-5-26(12)7-30-1-3-32-9-33-4-2-31-8-27-6-21-11-13(27)23-17(19)25-15(11)29/h5-6H,1-4,7-9H2,(H3,18,22,24,28)(H3,19,23,25,29). The van der Waals surface area contributed by atoms with E-state index in [-0.39, 0.29) is 43.2 Å². The molecule has 4 rings (SSSR count). The number of anilines is 2. The quantitative estimate of drug-likeness (QED) is 0.138. The summed E-state index contributed by atoms with van der Waals surface area (Å²) >= 11 is 0. The van der Waals surface area contributed by atoms with Gasteiger partial charge in [-0.1, -0.05) is 0 Å². The minimum absolute atomic E-state index is 0.00806. The summed E-state index contributed by atoms with van der Waals surface area (Å²) in [6, 6.07) is 0. The van der Waals surface area contributed by atoms with Gasteiger partial charge < -0.3 is 30.4 Å². The molecule has 4 aromatic heterocycles. The Balaban J connectivity index is 1.07. The van der Waals surface area contributed by atoms with Crippen LogP contribution < -0.4 is 22.6 Å². The number of nitrogen functional groups attached to an aromatic ring is 2. The molecule has 0 aliphatic rings. The third kappa shape index (κ3) is 5.32. The Morgan fingerprint density at radius 1 is 0.727 bits per heavy atom. The van der Waals surface area contributed by atoms with Crippen LogP contribution in [0.2, 0.25) is 0 Å². The fourth-order valence-corrected chi connectivity index (χ4v) is 2.87. The zero-order chi connectivity index (χ0) is 23.2. The van der Waals surface area contributed by atoms with E-state index in [2.05, 4.69) is 29.9 Å². The van der Waals surface area contributed by atoms with E-state index in [1.807, 2.05) is 0 Å². The number of aromatic amines is 2. The van der Waals surface area contributed by atoms with Crippen LogP contribution in [-0.2, 0) is 32.4 Å². The van der Waals surface area contributed by atoms with Crippen LogP contribution in [-0.4, -0.2) is 72.3 Å². The molecule has 33 heavy (non-hydrogen) atoms. The average molecular weight is 462 g/mol. The van der Waals surface area contributed by atoms with Crippen LogP contribution in [0.4, 0.5) is 11.9 Å². The van der Waals surface area contributed by atoms with E-state index in [0.29, 0.717) is 37.7 Å². The summed E-state index contributed by atoms with van der Waals surface area (Å²) in [7, 11) is 0. The topological polar surface area (TPSA) is 216 Å². The molecule has 0 aromatic carbocycles. The molecule has 16 heteroatoms. The number of ether oxygens (including phenoxy) is 4. The maximum Gasteiger partial charge on any atom is 0.280 e. The van der Waals surface area contributed by atoms with Crippen molar-refractivity contribution >= 4 is 34.2 Å². The largest absolute Gasteiger partial charge is 0.369 e. The van der Waals surface area contributed by atoms with Crippen LogP contribution in [0, 0.1) is 0 Å². The van der Waals surface area contributed by atoms with E-state index in [9.17, 15) is 9.59 Å². The number of nitrogens with zero attached hydrogens (tertiary/aromatic N) is 6. The Labute approximate surface area is 184 Å². The van der Waals surface area contributed by atoms with Crippen molar-refractivity contribution in [2.45, 2.75) is 13.5 Å². The van der Waals surface area contributed by atoms with Gasteiger partial charge in [0.25, 0.3) is 11.1 Å². The Kier molecular flexibility index (Phi) is 6.89. The number of hydrogen-bond donors (Lipinski definition) is 4. The van der Waals surface area contributed by atoms with Gasteiger partial charge in [0.15, 0.2) is 22.3 Å². The van der Waals surface area contributed by atoms with Crippen molar-refractivity contribution in [1.82, 2.24) is 39.0 Å². The first-order valence-corrected chi connectivity index (χ1v) is 9.75. The summed E-state index contributed by atoms with van der Waals surface area (Å²) in [4.78, 5) is 44.3. The number of aromatic nitrogens is 8. The molecule has 0 atom stereocenters. The van der Waals surface area contributed by atoms with Gasteiger partial charge in [0.1, 0.15) is 20.3 Å². The van der Waals surface area contributed by atoms with E-state index in [1.54, 1.807) is 9.13 Å². The molecule has 4 heterocycles. The molecule has 0 radical (unpaired) electrons. The maximum absolute atomic E-state index is 11.7. The van der Waals surface area contributed by atoms with Crippen molar-refractivity contribution in [3.63, 3.8) is 0 Å². The third-order valence-corrected chi connectivity index (χ3v) is 4.36. The molecule has 0 saturated carbocycles. The zero-order valence-electron chi connectivity index (χ0n) is 17.4. The molecule has 0 aliphatic heterocycles. The molecule has 6 N–H and O–H groups in total. The second-order valence-electron chi connectivity index (χ2n) is 6.68. The number of imidazole rings is 2. The fourth-order valence-electron chi connectivity index (χ4n) is 2.87. The zero-order valence-corrected chi connectivity index (χ0v) is 17.4. The molecule has 0 aliphatic carbocycles. The first-order chi connectivity index (χ1) is 16.0. The maximum atomic E-state index is 11.7. The summed E-state index contributed by atoms with van der Waals surface area (Å²) in [5, 5.41) is 0. The SMILES string of the molecule is Nc1nc2c(ncn2COCCOCOCCOCn2cnc3c(=O)[nH]c(N)nc32)c(=O)[nH]1. The molecular formula is C17H22N10O6. The number of rotatable bonds is 12. The van der Waals surface area contributed by atoms with Gasteiger partial charge in [0.2, 0.25) is 11.9 Å². The minimum atomic E-state index is -0.407. The van der Waals surface area contributed by atoms with E-state index >= 15 is 0 Å². The van der Waals surface area contributed by atoms with E-state index < -0.39 is 11.1 Å². The van der Waals surface area contributed by atoms with Gasteiger partial charge in [-0.05, 0) is 0 Å². The minimum Gasteiger partial charge on any atom is -0.369 e. The highest BCUT2D eigenvalue weighted by molar-refractivity contribution is 5.71. The monoisotopic (exact) mass is 462 g/mol. The molecule has 4 aromatic rings. The highest BCUT2D eigenvalue weighted by atomic mass is 16.7. The number of H-pyrrole nitrogens is 2. The van der Waals surface area contributed by atoms with Gasteiger partial charge in [0, 0.05) is 0 Å². The predicted octanol–water partition coefficient (Wildman–Crippen LogP) is -1.64.